The summed E-state index contributed by atoms with van der Waals surface area (Å²) >= 11 is 0. The highest BCUT2D eigenvalue weighted by molar-refractivity contribution is 5.90. The fourth-order valence-electron chi connectivity index (χ4n) is 3.07. The maximum absolute atomic E-state index is 11.7. The Hall–Kier alpha value is -3.72. The van der Waals surface area contributed by atoms with Gasteiger partial charge in [-0.15, -0.1) is 0 Å². The number of carbonyl (C=O) groups excluding carboxylic acids is 1. The SMILES string of the molecule is COC(=O)c1ccc(-c2cc(-c3ccccc3)[o+]c(-c3ccccc3)c2)cc1. The Kier molecular flexibility index (Phi) is 4.98. The molecule has 4 rings (SSSR count). The van der Waals surface area contributed by atoms with Crippen LogP contribution in [0.25, 0.3) is 33.8 Å². The van der Waals surface area contributed by atoms with Crippen LogP contribution in [0.5, 0.6) is 0 Å². The number of rotatable bonds is 4. The Morgan fingerprint density at radius 2 is 1.14 bits per heavy atom. The first-order valence-electron chi connectivity index (χ1n) is 9.02. The van der Waals surface area contributed by atoms with E-state index in [1.807, 2.05) is 84.9 Å². The topological polar surface area (TPSA) is 37.6 Å². The van der Waals surface area contributed by atoms with Gasteiger partial charge in [0.15, 0.2) is 0 Å². The zero-order valence-electron chi connectivity index (χ0n) is 15.5. The Bertz CT molecular complexity index is 1030. The standard InChI is InChI=1S/C25H19O3/c1-27-25(26)21-14-12-18(13-15-21)22-16-23(19-8-4-2-5-9-19)28-24(17-22)20-10-6-3-7-11-20/h2-17H,1H3/q+1. The molecule has 4 aromatic rings. The Morgan fingerprint density at radius 1 is 0.643 bits per heavy atom. The summed E-state index contributed by atoms with van der Waals surface area (Å²) in [6.07, 6.45) is 0. The molecule has 3 aromatic carbocycles. The molecule has 0 aliphatic carbocycles. The predicted octanol–water partition coefficient (Wildman–Crippen LogP) is 6.35. The zero-order valence-corrected chi connectivity index (χ0v) is 15.5. The molecule has 3 heteroatoms. The van der Waals surface area contributed by atoms with Gasteiger partial charge in [-0.1, -0.05) is 48.5 Å². The zero-order chi connectivity index (χ0) is 19.3. The number of carbonyl (C=O) groups is 1. The molecule has 136 valence electrons. The third-order valence-corrected chi connectivity index (χ3v) is 4.55. The molecule has 28 heavy (non-hydrogen) atoms. The van der Waals surface area contributed by atoms with Gasteiger partial charge in [0, 0.05) is 5.56 Å². The third kappa shape index (κ3) is 3.69. The van der Waals surface area contributed by atoms with Crippen molar-refractivity contribution in [3.8, 4) is 33.8 Å². The van der Waals surface area contributed by atoms with Crippen molar-refractivity contribution in [2.45, 2.75) is 0 Å². The Labute approximate surface area is 163 Å². The molecule has 0 amide bonds. The summed E-state index contributed by atoms with van der Waals surface area (Å²) in [4.78, 5) is 11.7. The normalized spacial score (nSPS) is 10.5. The Morgan fingerprint density at radius 3 is 1.61 bits per heavy atom. The largest absolute Gasteiger partial charge is 0.465 e. The van der Waals surface area contributed by atoms with Crippen molar-refractivity contribution in [1.29, 1.82) is 0 Å². The molecule has 0 aliphatic rings. The van der Waals surface area contributed by atoms with Gasteiger partial charge in [0.25, 0.3) is 0 Å². The highest BCUT2D eigenvalue weighted by Gasteiger charge is 2.20. The average Bonchev–Trinajstić information content (AvgIpc) is 2.79. The van der Waals surface area contributed by atoms with E-state index in [1.54, 1.807) is 12.1 Å². The van der Waals surface area contributed by atoms with E-state index in [4.69, 9.17) is 9.15 Å². The second kappa shape index (κ2) is 7.89. The molecule has 0 radical (unpaired) electrons. The number of esters is 1. The molecule has 0 fully saturated rings. The summed E-state index contributed by atoms with van der Waals surface area (Å²) in [6, 6.07) is 31.5. The van der Waals surface area contributed by atoms with Crippen LogP contribution in [0.1, 0.15) is 10.4 Å². The molecular weight excluding hydrogens is 348 g/mol. The van der Waals surface area contributed by atoms with Crippen LogP contribution in [-0.2, 0) is 4.74 Å². The molecule has 0 aliphatic heterocycles. The van der Waals surface area contributed by atoms with E-state index in [2.05, 4.69) is 0 Å². The van der Waals surface area contributed by atoms with Crippen molar-refractivity contribution in [3.63, 3.8) is 0 Å². The molecule has 0 saturated carbocycles. The molecule has 0 bridgehead atoms. The van der Waals surface area contributed by atoms with Crippen molar-refractivity contribution < 1.29 is 13.9 Å². The van der Waals surface area contributed by atoms with Crippen LogP contribution >= 0.6 is 0 Å². The van der Waals surface area contributed by atoms with Crippen LogP contribution < -0.4 is 0 Å². The number of benzene rings is 3. The van der Waals surface area contributed by atoms with E-state index in [1.165, 1.54) is 7.11 Å². The lowest BCUT2D eigenvalue weighted by molar-refractivity contribution is 0.0601. The van der Waals surface area contributed by atoms with E-state index >= 15 is 0 Å². The van der Waals surface area contributed by atoms with E-state index in [9.17, 15) is 4.79 Å². The van der Waals surface area contributed by atoms with Crippen molar-refractivity contribution >= 4 is 5.97 Å². The molecular formula is C25H19O3+. The summed E-state index contributed by atoms with van der Waals surface area (Å²) in [7, 11) is 1.38. The van der Waals surface area contributed by atoms with Crippen LogP contribution in [0.4, 0.5) is 0 Å². The first kappa shape index (κ1) is 17.7. The van der Waals surface area contributed by atoms with E-state index in [-0.39, 0.29) is 5.97 Å². The Balaban J connectivity index is 1.83. The molecule has 0 unspecified atom stereocenters. The lowest BCUT2D eigenvalue weighted by atomic mass is 10.0. The van der Waals surface area contributed by atoms with E-state index in [0.717, 1.165) is 33.8 Å². The highest BCUT2D eigenvalue weighted by Crippen LogP contribution is 2.32. The number of methoxy groups -OCH3 is 1. The van der Waals surface area contributed by atoms with Gasteiger partial charge >= 0.3 is 17.5 Å². The van der Waals surface area contributed by atoms with Gasteiger partial charge in [-0.3, -0.25) is 0 Å². The number of hydrogen-bond donors (Lipinski definition) is 0. The minimum absolute atomic E-state index is 0.343. The fourth-order valence-corrected chi connectivity index (χ4v) is 3.07. The second-order valence-corrected chi connectivity index (χ2v) is 6.38. The molecule has 1 aromatic heterocycles. The molecule has 3 nitrogen and oxygen atoms in total. The van der Waals surface area contributed by atoms with Gasteiger partial charge in [-0.05, 0) is 42.0 Å². The summed E-state index contributed by atoms with van der Waals surface area (Å²) in [5.74, 6) is 1.23. The van der Waals surface area contributed by atoms with Crippen LogP contribution in [0, 0.1) is 0 Å². The van der Waals surface area contributed by atoms with Gasteiger partial charge in [0.05, 0.1) is 35.9 Å². The van der Waals surface area contributed by atoms with Crippen molar-refractivity contribution in [3.05, 3.63) is 103 Å². The van der Waals surface area contributed by atoms with Crippen LogP contribution in [0.3, 0.4) is 0 Å². The van der Waals surface area contributed by atoms with Crippen LogP contribution in [0.2, 0.25) is 0 Å². The molecule has 0 N–H and O–H groups in total. The van der Waals surface area contributed by atoms with E-state index < -0.39 is 0 Å². The maximum atomic E-state index is 11.7. The van der Waals surface area contributed by atoms with E-state index in [0.29, 0.717) is 5.56 Å². The minimum Gasteiger partial charge on any atom is -0.465 e. The van der Waals surface area contributed by atoms with Crippen molar-refractivity contribution in [2.75, 3.05) is 7.11 Å². The van der Waals surface area contributed by atoms with Crippen LogP contribution in [0.15, 0.2) is 101 Å². The van der Waals surface area contributed by atoms with Crippen molar-refractivity contribution in [2.24, 2.45) is 0 Å². The first-order chi connectivity index (χ1) is 13.7. The highest BCUT2D eigenvalue weighted by atomic mass is 16.5. The molecule has 0 spiro atoms. The lowest BCUT2D eigenvalue weighted by Gasteiger charge is -2.04. The second-order valence-electron chi connectivity index (χ2n) is 6.38. The summed E-state index contributed by atoms with van der Waals surface area (Å²) < 4.78 is 11.0. The van der Waals surface area contributed by atoms with Gasteiger partial charge < -0.3 is 4.74 Å². The molecule has 1 heterocycles. The smallest absolute Gasteiger partial charge is 0.361 e. The molecule has 0 atom stereocenters. The van der Waals surface area contributed by atoms with Crippen LogP contribution in [-0.4, -0.2) is 13.1 Å². The monoisotopic (exact) mass is 367 g/mol. The summed E-state index contributed by atoms with van der Waals surface area (Å²) in [5.41, 5.74) is 4.55. The molecule has 0 saturated heterocycles. The third-order valence-electron chi connectivity index (χ3n) is 4.55. The van der Waals surface area contributed by atoms with Gasteiger partial charge in [0.2, 0.25) is 0 Å². The maximum Gasteiger partial charge on any atom is 0.361 e. The number of hydrogen-bond acceptors (Lipinski definition) is 2. The summed E-state index contributed by atoms with van der Waals surface area (Å²) in [6.45, 7) is 0. The summed E-state index contributed by atoms with van der Waals surface area (Å²) in [5, 5.41) is 0. The van der Waals surface area contributed by atoms with Gasteiger partial charge in [-0.2, -0.15) is 0 Å². The van der Waals surface area contributed by atoms with Gasteiger partial charge in [0.1, 0.15) is 0 Å². The quantitative estimate of drug-likeness (QED) is 0.312. The minimum atomic E-state index is -0.343. The lowest BCUT2D eigenvalue weighted by Crippen LogP contribution is -2.00. The predicted molar refractivity (Wildman–Crippen MR) is 111 cm³/mol. The van der Waals surface area contributed by atoms with Crippen molar-refractivity contribution in [1.82, 2.24) is 0 Å². The first-order valence-corrected chi connectivity index (χ1v) is 9.02. The van der Waals surface area contributed by atoms with Gasteiger partial charge in [-0.25, -0.2) is 9.21 Å². The average molecular weight is 367 g/mol. The number of ether oxygens (including phenoxy) is 1. The fraction of sp³-hybridized carbons (Fsp3) is 0.0400.